The molecule has 0 saturated heterocycles. The summed E-state index contributed by atoms with van der Waals surface area (Å²) in [5.74, 6) is 0. The van der Waals surface area contributed by atoms with Gasteiger partial charge in [0, 0.05) is 6.20 Å². The standard InChI is InChI=1S/C12H12F3N3/c13-12(14,15)10-7-17-18(8-10)11-3-1-2-9(6-11)4-5-16/h1-3,6-8H,4-5,16H2. The molecule has 1 aromatic heterocycles. The average Bonchev–Trinajstić information content (AvgIpc) is 2.78. The summed E-state index contributed by atoms with van der Waals surface area (Å²) in [6.45, 7) is 0.496. The van der Waals surface area contributed by atoms with E-state index in [0.717, 1.165) is 18.0 Å². The van der Waals surface area contributed by atoms with Crippen LogP contribution in [-0.2, 0) is 12.6 Å². The van der Waals surface area contributed by atoms with Crippen molar-refractivity contribution in [1.82, 2.24) is 9.78 Å². The van der Waals surface area contributed by atoms with Gasteiger partial charge in [0.1, 0.15) is 0 Å². The maximum absolute atomic E-state index is 12.4. The lowest BCUT2D eigenvalue weighted by Crippen LogP contribution is -2.04. The van der Waals surface area contributed by atoms with Crippen molar-refractivity contribution in [3.05, 3.63) is 47.8 Å². The fraction of sp³-hybridized carbons (Fsp3) is 0.250. The molecule has 1 heterocycles. The largest absolute Gasteiger partial charge is 0.419 e. The first kappa shape index (κ1) is 12.6. The number of alkyl halides is 3. The maximum Gasteiger partial charge on any atom is 0.419 e. The Hall–Kier alpha value is -1.82. The number of benzene rings is 1. The van der Waals surface area contributed by atoms with E-state index in [-0.39, 0.29) is 0 Å². The Morgan fingerprint density at radius 1 is 1.28 bits per heavy atom. The highest BCUT2D eigenvalue weighted by atomic mass is 19.4. The van der Waals surface area contributed by atoms with E-state index in [2.05, 4.69) is 5.10 Å². The van der Waals surface area contributed by atoms with Crippen LogP contribution in [0.5, 0.6) is 0 Å². The van der Waals surface area contributed by atoms with Gasteiger partial charge in [-0.05, 0) is 30.7 Å². The summed E-state index contributed by atoms with van der Waals surface area (Å²) < 4.78 is 38.6. The van der Waals surface area contributed by atoms with Crippen LogP contribution in [0.4, 0.5) is 13.2 Å². The molecular formula is C12H12F3N3. The van der Waals surface area contributed by atoms with Crippen LogP contribution in [0.1, 0.15) is 11.1 Å². The molecule has 0 aliphatic heterocycles. The van der Waals surface area contributed by atoms with Crippen LogP contribution in [0.25, 0.3) is 5.69 Å². The first-order valence-corrected chi connectivity index (χ1v) is 5.42. The van der Waals surface area contributed by atoms with Gasteiger partial charge in [0.05, 0.1) is 17.4 Å². The number of halogens is 3. The van der Waals surface area contributed by atoms with Gasteiger partial charge in [-0.15, -0.1) is 0 Å². The van der Waals surface area contributed by atoms with E-state index in [0.29, 0.717) is 18.7 Å². The maximum atomic E-state index is 12.4. The van der Waals surface area contributed by atoms with Crippen molar-refractivity contribution >= 4 is 0 Å². The Balaban J connectivity index is 2.31. The minimum Gasteiger partial charge on any atom is -0.330 e. The molecule has 0 radical (unpaired) electrons. The number of nitrogens with zero attached hydrogens (tertiary/aromatic N) is 2. The van der Waals surface area contributed by atoms with Crippen molar-refractivity contribution in [3.63, 3.8) is 0 Å². The van der Waals surface area contributed by atoms with Crippen molar-refractivity contribution in [2.45, 2.75) is 12.6 Å². The molecule has 0 aliphatic rings. The fourth-order valence-electron chi connectivity index (χ4n) is 1.63. The molecule has 1 aromatic carbocycles. The monoisotopic (exact) mass is 255 g/mol. The van der Waals surface area contributed by atoms with Crippen molar-refractivity contribution < 1.29 is 13.2 Å². The van der Waals surface area contributed by atoms with Crippen molar-refractivity contribution in [2.75, 3.05) is 6.54 Å². The van der Waals surface area contributed by atoms with E-state index >= 15 is 0 Å². The molecule has 0 amide bonds. The normalized spacial score (nSPS) is 11.8. The first-order chi connectivity index (χ1) is 8.50. The third-order valence-electron chi connectivity index (χ3n) is 2.52. The Labute approximate surface area is 102 Å². The summed E-state index contributed by atoms with van der Waals surface area (Å²) in [7, 11) is 0. The molecule has 18 heavy (non-hydrogen) atoms. The van der Waals surface area contributed by atoms with Crippen molar-refractivity contribution in [2.24, 2.45) is 5.73 Å². The minimum atomic E-state index is -4.37. The van der Waals surface area contributed by atoms with Crippen LogP contribution < -0.4 is 5.73 Å². The van der Waals surface area contributed by atoms with Gasteiger partial charge in [0.2, 0.25) is 0 Å². The van der Waals surface area contributed by atoms with Gasteiger partial charge in [-0.1, -0.05) is 12.1 Å². The molecule has 0 atom stereocenters. The zero-order chi connectivity index (χ0) is 13.2. The summed E-state index contributed by atoms with van der Waals surface area (Å²) in [4.78, 5) is 0. The van der Waals surface area contributed by atoms with Crippen LogP contribution in [0.3, 0.4) is 0 Å². The highest BCUT2D eigenvalue weighted by molar-refractivity contribution is 5.36. The number of nitrogens with two attached hydrogens (primary N) is 1. The molecule has 2 N–H and O–H groups in total. The molecule has 2 rings (SSSR count). The third kappa shape index (κ3) is 2.70. The van der Waals surface area contributed by atoms with Crippen LogP contribution in [0, 0.1) is 0 Å². The number of hydrogen-bond acceptors (Lipinski definition) is 2. The lowest BCUT2D eigenvalue weighted by molar-refractivity contribution is -0.137. The van der Waals surface area contributed by atoms with Crippen LogP contribution >= 0.6 is 0 Å². The molecule has 0 saturated carbocycles. The SMILES string of the molecule is NCCc1cccc(-n2cc(C(F)(F)F)cn2)c1. The van der Waals surface area contributed by atoms with Gasteiger partial charge in [0.25, 0.3) is 0 Å². The molecule has 0 aliphatic carbocycles. The number of aromatic nitrogens is 2. The van der Waals surface area contributed by atoms with Gasteiger partial charge in [-0.3, -0.25) is 0 Å². The van der Waals surface area contributed by atoms with E-state index in [9.17, 15) is 13.2 Å². The topological polar surface area (TPSA) is 43.8 Å². The predicted octanol–water partition coefficient (Wildman–Crippen LogP) is 2.39. The molecule has 0 unspecified atom stereocenters. The van der Waals surface area contributed by atoms with Gasteiger partial charge < -0.3 is 5.73 Å². The van der Waals surface area contributed by atoms with E-state index in [1.165, 1.54) is 4.68 Å². The van der Waals surface area contributed by atoms with Crippen LogP contribution in [0.15, 0.2) is 36.7 Å². The number of hydrogen-bond donors (Lipinski definition) is 1. The zero-order valence-electron chi connectivity index (χ0n) is 9.48. The summed E-state index contributed by atoms with van der Waals surface area (Å²) in [6.07, 6.45) is -1.90. The summed E-state index contributed by atoms with van der Waals surface area (Å²) in [5.41, 5.74) is 6.25. The van der Waals surface area contributed by atoms with E-state index < -0.39 is 11.7 Å². The molecule has 0 bridgehead atoms. The summed E-state index contributed by atoms with van der Waals surface area (Å²) in [5, 5.41) is 3.72. The Morgan fingerprint density at radius 2 is 2.06 bits per heavy atom. The van der Waals surface area contributed by atoms with Crippen molar-refractivity contribution in [1.29, 1.82) is 0 Å². The van der Waals surface area contributed by atoms with Crippen molar-refractivity contribution in [3.8, 4) is 5.69 Å². The summed E-state index contributed by atoms with van der Waals surface area (Å²) >= 11 is 0. The quantitative estimate of drug-likeness (QED) is 0.915. The van der Waals surface area contributed by atoms with Crippen LogP contribution in [0.2, 0.25) is 0 Å². The molecule has 2 aromatic rings. The molecular weight excluding hydrogens is 243 g/mol. The molecule has 0 fully saturated rings. The smallest absolute Gasteiger partial charge is 0.330 e. The second-order valence-electron chi connectivity index (χ2n) is 3.88. The van der Waals surface area contributed by atoms with Gasteiger partial charge in [-0.25, -0.2) is 4.68 Å². The average molecular weight is 255 g/mol. The molecule has 6 heteroatoms. The highest BCUT2D eigenvalue weighted by Gasteiger charge is 2.32. The van der Waals surface area contributed by atoms with E-state index in [4.69, 9.17) is 5.73 Å². The summed E-state index contributed by atoms with van der Waals surface area (Å²) in [6, 6.07) is 7.13. The number of rotatable bonds is 3. The third-order valence-corrected chi connectivity index (χ3v) is 2.52. The lowest BCUT2D eigenvalue weighted by Gasteiger charge is -2.04. The zero-order valence-corrected chi connectivity index (χ0v) is 9.48. The fourth-order valence-corrected chi connectivity index (χ4v) is 1.63. The second kappa shape index (κ2) is 4.81. The highest BCUT2D eigenvalue weighted by Crippen LogP contribution is 2.29. The van der Waals surface area contributed by atoms with Gasteiger partial charge in [0.15, 0.2) is 0 Å². The Kier molecular flexibility index (Phi) is 3.38. The van der Waals surface area contributed by atoms with E-state index in [1.54, 1.807) is 18.2 Å². The van der Waals surface area contributed by atoms with Gasteiger partial charge >= 0.3 is 6.18 Å². The Bertz CT molecular complexity index is 531. The molecule has 96 valence electrons. The molecule has 3 nitrogen and oxygen atoms in total. The second-order valence-corrected chi connectivity index (χ2v) is 3.88. The first-order valence-electron chi connectivity index (χ1n) is 5.42. The predicted molar refractivity (Wildman–Crippen MR) is 61.3 cm³/mol. The van der Waals surface area contributed by atoms with Gasteiger partial charge in [-0.2, -0.15) is 18.3 Å². The lowest BCUT2D eigenvalue weighted by atomic mass is 10.1. The minimum absolute atomic E-state index is 0.496. The van der Waals surface area contributed by atoms with E-state index in [1.807, 2.05) is 6.07 Å². The van der Waals surface area contributed by atoms with Crippen LogP contribution in [-0.4, -0.2) is 16.3 Å². The Morgan fingerprint density at radius 3 is 2.67 bits per heavy atom. The molecule has 0 spiro atoms.